The van der Waals surface area contributed by atoms with Crippen molar-refractivity contribution in [1.29, 1.82) is 0 Å². The van der Waals surface area contributed by atoms with Crippen LogP contribution in [0, 0.1) is 0 Å². The van der Waals surface area contributed by atoms with Crippen molar-refractivity contribution in [2.24, 2.45) is 0 Å². The molecule has 4 aromatic rings. The summed E-state index contributed by atoms with van der Waals surface area (Å²) in [6.07, 6.45) is 2.06. The zero-order valence-electron chi connectivity index (χ0n) is 19.2. The number of aliphatic hydroxyl groups is 1. The molecule has 0 atom stereocenters. The molecule has 1 aliphatic rings. The monoisotopic (exact) mass is 431 g/mol. The SMILES string of the molecule is CC1=C(O)/C(=C\c2ccc(N(C)C)cc2)[n+]2c1cc(-c1ccccc1)cc2-c1ccccc1. The van der Waals surface area contributed by atoms with Crippen molar-refractivity contribution in [3.63, 3.8) is 0 Å². The lowest BCUT2D eigenvalue weighted by molar-refractivity contribution is -0.566. The van der Waals surface area contributed by atoms with Gasteiger partial charge in [0.25, 0.3) is 5.70 Å². The summed E-state index contributed by atoms with van der Waals surface area (Å²) < 4.78 is 2.17. The van der Waals surface area contributed by atoms with Gasteiger partial charge in [-0.25, -0.2) is 0 Å². The van der Waals surface area contributed by atoms with Crippen LogP contribution in [0.5, 0.6) is 0 Å². The van der Waals surface area contributed by atoms with Crippen molar-refractivity contribution in [3.05, 3.63) is 114 Å². The van der Waals surface area contributed by atoms with E-state index in [4.69, 9.17) is 0 Å². The molecular weight excluding hydrogens is 404 g/mol. The second-order valence-electron chi connectivity index (χ2n) is 8.57. The predicted molar refractivity (Wildman–Crippen MR) is 138 cm³/mol. The minimum atomic E-state index is 0.314. The number of pyridine rings is 1. The molecule has 33 heavy (non-hydrogen) atoms. The summed E-state index contributed by atoms with van der Waals surface area (Å²) in [5.74, 6) is 0.314. The van der Waals surface area contributed by atoms with Crippen molar-refractivity contribution < 1.29 is 9.67 Å². The summed E-state index contributed by atoms with van der Waals surface area (Å²) in [7, 11) is 4.07. The Labute approximate surface area is 195 Å². The van der Waals surface area contributed by atoms with Crippen LogP contribution in [0.25, 0.3) is 39.7 Å². The molecule has 0 radical (unpaired) electrons. The summed E-state index contributed by atoms with van der Waals surface area (Å²) in [6.45, 7) is 1.99. The molecule has 0 saturated carbocycles. The first-order valence-electron chi connectivity index (χ1n) is 11.1. The average Bonchev–Trinajstić information content (AvgIpc) is 3.09. The van der Waals surface area contributed by atoms with Crippen LogP contribution in [0.15, 0.2) is 103 Å². The van der Waals surface area contributed by atoms with Gasteiger partial charge in [-0.2, -0.15) is 0 Å². The normalized spacial score (nSPS) is 14.0. The summed E-state index contributed by atoms with van der Waals surface area (Å²) >= 11 is 0. The molecule has 2 heterocycles. The Kier molecular flexibility index (Phi) is 5.31. The predicted octanol–water partition coefficient (Wildman–Crippen LogP) is 6.67. The Bertz CT molecular complexity index is 1370. The minimum absolute atomic E-state index is 0.314. The van der Waals surface area contributed by atoms with E-state index in [1.54, 1.807) is 0 Å². The third-order valence-electron chi connectivity index (χ3n) is 6.18. The van der Waals surface area contributed by atoms with Gasteiger partial charge in [-0.05, 0) is 47.9 Å². The maximum absolute atomic E-state index is 11.2. The molecule has 1 aromatic heterocycles. The van der Waals surface area contributed by atoms with Gasteiger partial charge in [0.15, 0.2) is 5.76 Å². The van der Waals surface area contributed by atoms with E-state index >= 15 is 0 Å². The van der Waals surface area contributed by atoms with E-state index in [0.717, 1.165) is 50.6 Å². The number of anilines is 1. The number of nitrogens with zero attached hydrogens (tertiary/aromatic N) is 2. The number of aliphatic hydroxyl groups excluding tert-OH is 1. The molecule has 1 N–H and O–H groups in total. The van der Waals surface area contributed by atoms with Gasteiger partial charge >= 0.3 is 0 Å². The van der Waals surface area contributed by atoms with E-state index in [9.17, 15) is 5.11 Å². The first kappa shape index (κ1) is 20.8. The highest BCUT2D eigenvalue weighted by atomic mass is 16.3. The second-order valence-corrected chi connectivity index (χ2v) is 8.57. The van der Waals surface area contributed by atoms with Gasteiger partial charge in [0, 0.05) is 43.6 Å². The van der Waals surface area contributed by atoms with Gasteiger partial charge in [-0.15, -0.1) is 4.57 Å². The molecule has 3 heteroatoms. The molecule has 162 valence electrons. The summed E-state index contributed by atoms with van der Waals surface area (Å²) in [5, 5.41) is 11.2. The van der Waals surface area contributed by atoms with Crippen LogP contribution in [-0.2, 0) is 0 Å². The van der Waals surface area contributed by atoms with E-state index in [1.807, 2.05) is 33.2 Å². The fourth-order valence-corrected chi connectivity index (χ4v) is 4.33. The third kappa shape index (κ3) is 3.83. The first-order valence-corrected chi connectivity index (χ1v) is 11.1. The van der Waals surface area contributed by atoms with E-state index < -0.39 is 0 Å². The Morgan fingerprint density at radius 3 is 1.88 bits per heavy atom. The minimum Gasteiger partial charge on any atom is -0.502 e. The average molecular weight is 432 g/mol. The lowest BCUT2D eigenvalue weighted by Gasteiger charge is -2.12. The molecule has 3 nitrogen and oxygen atoms in total. The van der Waals surface area contributed by atoms with Crippen molar-refractivity contribution >= 4 is 23.0 Å². The number of allylic oxidation sites excluding steroid dienone is 2. The molecule has 0 unspecified atom stereocenters. The molecule has 0 spiro atoms. The van der Waals surface area contributed by atoms with Crippen LogP contribution >= 0.6 is 0 Å². The quantitative estimate of drug-likeness (QED) is 0.365. The number of fused-ring (bicyclic) bond motifs is 1. The maximum Gasteiger partial charge on any atom is 0.254 e. The van der Waals surface area contributed by atoms with Gasteiger partial charge < -0.3 is 10.0 Å². The number of benzene rings is 3. The molecule has 1 aliphatic heterocycles. The highest BCUT2D eigenvalue weighted by Crippen LogP contribution is 2.35. The lowest BCUT2D eigenvalue weighted by atomic mass is 10.0. The zero-order chi connectivity index (χ0) is 22.9. The summed E-state index contributed by atoms with van der Waals surface area (Å²) in [4.78, 5) is 2.08. The third-order valence-corrected chi connectivity index (χ3v) is 6.18. The van der Waals surface area contributed by atoms with Crippen molar-refractivity contribution in [2.45, 2.75) is 6.92 Å². The van der Waals surface area contributed by atoms with Crippen LogP contribution in [0.2, 0.25) is 0 Å². The second kappa shape index (κ2) is 8.44. The van der Waals surface area contributed by atoms with E-state index in [0.29, 0.717) is 5.76 Å². The maximum atomic E-state index is 11.2. The van der Waals surface area contributed by atoms with Gasteiger partial charge in [-0.3, -0.25) is 0 Å². The van der Waals surface area contributed by atoms with E-state index in [2.05, 4.69) is 100 Å². The molecule has 0 bridgehead atoms. The van der Waals surface area contributed by atoms with E-state index in [1.165, 1.54) is 0 Å². The Hall–Kier alpha value is -4.11. The van der Waals surface area contributed by atoms with Crippen LogP contribution in [-0.4, -0.2) is 19.2 Å². The number of rotatable bonds is 4. The Morgan fingerprint density at radius 2 is 1.27 bits per heavy atom. The standard InChI is InChI=1S/C30H26N2O/c1-21-27-19-25(23-10-6-4-7-11-23)20-28(24-12-8-5-9-13-24)32(27)29(30(21)33)18-22-14-16-26(17-15-22)31(2)3/h4-20H,1-3H3/p+1/b29-18+. The van der Waals surface area contributed by atoms with Crippen molar-refractivity contribution in [3.8, 4) is 22.4 Å². The summed E-state index contributed by atoms with van der Waals surface area (Å²) in [5.41, 5.74) is 9.29. The number of hydrogen-bond acceptors (Lipinski definition) is 2. The van der Waals surface area contributed by atoms with Crippen LogP contribution < -0.4 is 9.47 Å². The smallest absolute Gasteiger partial charge is 0.254 e. The van der Waals surface area contributed by atoms with Crippen LogP contribution in [0.3, 0.4) is 0 Å². The van der Waals surface area contributed by atoms with Crippen LogP contribution in [0.4, 0.5) is 5.69 Å². The fourth-order valence-electron chi connectivity index (χ4n) is 4.33. The lowest BCUT2D eigenvalue weighted by Crippen LogP contribution is -2.36. The largest absolute Gasteiger partial charge is 0.502 e. The van der Waals surface area contributed by atoms with Gasteiger partial charge in [0.1, 0.15) is 0 Å². The topological polar surface area (TPSA) is 27.3 Å². The highest BCUT2D eigenvalue weighted by molar-refractivity contribution is 5.88. The van der Waals surface area contributed by atoms with Crippen molar-refractivity contribution in [2.75, 3.05) is 19.0 Å². The molecule has 0 amide bonds. The first-order chi connectivity index (χ1) is 16.0. The van der Waals surface area contributed by atoms with Gasteiger partial charge in [0.2, 0.25) is 11.4 Å². The molecule has 3 aromatic carbocycles. The zero-order valence-corrected chi connectivity index (χ0v) is 19.2. The summed E-state index contributed by atoms with van der Waals surface area (Å²) in [6, 6.07) is 33.5. The molecular formula is C30H27N2O+. The Morgan fingerprint density at radius 1 is 0.697 bits per heavy atom. The molecule has 5 rings (SSSR count). The van der Waals surface area contributed by atoms with Gasteiger partial charge in [-0.1, -0.05) is 60.7 Å². The number of hydrogen-bond donors (Lipinski definition) is 1. The molecule has 0 aliphatic carbocycles. The van der Waals surface area contributed by atoms with Gasteiger partial charge in [0.05, 0.1) is 5.57 Å². The highest BCUT2D eigenvalue weighted by Gasteiger charge is 2.36. The molecule has 0 saturated heterocycles. The Balaban J connectivity index is 1.73. The van der Waals surface area contributed by atoms with Crippen molar-refractivity contribution in [1.82, 2.24) is 0 Å². The fraction of sp³-hybridized carbons (Fsp3) is 0.100. The number of aromatic nitrogens is 1. The van der Waals surface area contributed by atoms with E-state index in [-0.39, 0.29) is 0 Å². The van der Waals surface area contributed by atoms with Crippen LogP contribution in [0.1, 0.15) is 18.2 Å². The molecule has 0 fully saturated rings.